The third-order valence-electron chi connectivity index (χ3n) is 5.90. The first-order valence-electron chi connectivity index (χ1n) is 10.5. The van der Waals surface area contributed by atoms with Crippen LogP contribution in [0.2, 0.25) is 0 Å². The van der Waals surface area contributed by atoms with Gasteiger partial charge in [-0.15, -0.1) is 0 Å². The smallest absolute Gasteiger partial charge is 0.282 e. The minimum atomic E-state index is -0.316. The lowest BCUT2D eigenvalue weighted by Gasteiger charge is -2.22. The molecule has 0 fully saturated rings. The topological polar surface area (TPSA) is 49.9 Å². The van der Waals surface area contributed by atoms with Crippen LogP contribution in [0.3, 0.4) is 0 Å². The van der Waals surface area contributed by atoms with Crippen molar-refractivity contribution in [3.63, 3.8) is 0 Å². The van der Waals surface area contributed by atoms with Gasteiger partial charge in [-0.1, -0.05) is 54.6 Å². The lowest BCUT2D eigenvalue weighted by molar-refractivity contribution is -0.120. The van der Waals surface area contributed by atoms with Crippen LogP contribution < -0.4 is 9.64 Å². The minimum absolute atomic E-state index is 0.312. The first-order valence-corrected chi connectivity index (χ1v) is 10.5. The Labute approximate surface area is 188 Å². The van der Waals surface area contributed by atoms with Gasteiger partial charge in [0.05, 0.1) is 18.4 Å². The molecule has 3 aromatic carbocycles. The standard InChI is InChI=1S/C27H26N2O3/c1-18-9-8-12-23(19(18)2)29-26(30)24(21-13-15-22(32-4)16-14-21)25(27(29)31)28(3)17-20-10-6-5-7-11-20/h5-16H,17H2,1-4H3. The number of anilines is 1. The van der Waals surface area contributed by atoms with Gasteiger partial charge in [0.1, 0.15) is 11.4 Å². The Balaban J connectivity index is 1.82. The Bertz CT molecular complexity index is 1200. The van der Waals surface area contributed by atoms with Gasteiger partial charge >= 0.3 is 0 Å². The van der Waals surface area contributed by atoms with Crippen molar-refractivity contribution >= 4 is 23.1 Å². The largest absolute Gasteiger partial charge is 0.497 e. The fourth-order valence-corrected chi connectivity index (χ4v) is 4.02. The lowest BCUT2D eigenvalue weighted by atomic mass is 10.0. The Morgan fingerprint density at radius 2 is 1.53 bits per heavy atom. The van der Waals surface area contributed by atoms with Crippen molar-refractivity contribution < 1.29 is 14.3 Å². The molecule has 0 atom stereocenters. The molecule has 3 aromatic rings. The van der Waals surface area contributed by atoms with Crippen molar-refractivity contribution in [3.05, 3.63) is 101 Å². The fourth-order valence-electron chi connectivity index (χ4n) is 4.02. The zero-order chi connectivity index (χ0) is 22.8. The number of aryl methyl sites for hydroxylation is 1. The molecule has 0 radical (unpaired) electrons. The molecule has 0 saturated heterocycles. The number of carbonyl (C=O) groups is 2. The third-order valence-corrected chi connectivity index (χ3v) is 5.90. The van der Waals surface area contributed by atoms with Gasteiger partial charge < -0.3 is 9.64 Å². The van der Waals surface area contributed by atoms with Gasteiger partial charge in [0.25, 0.3) is 11.8 Å². The van der Waals surface area contributed by atoms with E-state index in [0.29, 0.717) is 34.8 Å². The molecule has 162 valence electrons. The zero-order valence-corrected chi connectivity index (χ0v) is 18.8. The van der Waals surface area contributed by atoms with Gasteiger partial charge in [0.2, 0.25) is 0 Å². The number of likely N-dealkylation sites (N-methyl/N-ethyl adjacent to an activating group) is 1. The van der Waals surface area contributed by atoms with Gasteiger partial charge in [0, 0.05) is 13.6 Å². The second-order valence-electron chi connectivity index (χ2n) is 7.96. The number of nitrogens with zero attached hydrogens (tertiary/aromatic N) is 2. The number of hydrogen-bond donors (Lipinski definition) is 0. The number of hydrogen-bond acceptors (Lipinski definition) is 4. The van der Waals surface area contributed by atoms with Crippen LogP contribution in [0.5, 0.6) is 5.75 Å². The SMILES string of the molecule is COc1ccc(C2=C(N(C)Cc3ccccc3)C(=O)N(c3cccc(C)c3C)C2=O)cc1. The Hall–Kier alpha value is -3.86. The van der Waals surface area contributed by atoms with Crippen molar-refractivity contribution in [3.8, 4) is 5.75 Å². The van der Waals surface area contributed by atoms with E-state index in [1.165, 1.54) is 4.90 Å². The highest BCUT2D eigenvalue weighted by molar-refractivity contribution is 6.45. The number of rotatable bonds is 6. The first kappa shape index (κ1) is 21.4. The quantitative estimate of drug-likeness (QED) is 0.535. The number of methoxy groups -OCH3 is 1. The van der Waals surface area contributed by atoms with E-state index < -0.39 is 0 Å². The van der Waals surface area contributed by atoms with Crippen LogP contribution in [0.1, 0.15) is 22.3 Å². The lowest BCUT2D eigenvalue weighted by Crippen LogP contribution is -2.34. The van der Waals surface area contributed by atoms with Crippen LogP contribution in [-0.2, 0) is 16.1 Å². The summed E-state index contributed by atoms with van der Waals surface area (Å²) in [4.78, 5) is 30.6. The molecule has 0 aliphatic carbocycles. The second kappa shape index (κ2) is 8.71. The summed E-state index contributed by atoms with van der Waals surface area (Å²) in [5.74, 6) is 0.0634. The van der Waals surface area contributed by atoms with E-state index in [0.717, 1.165) is 16.7 Å². The summed E-state index contributed by atoms with van der Waals surface area (Å²) in [6, 6.07) is 22.8. The highest BCUT2D eigenvalue weighted by Gasteiger charge is 2.42. The molecule has 2 amide bonds. The van der Waals surface area contributed by atoms with E-state index in [9.17, 15) is 9.59 Å². The van der Waals surface area contributed by atoms with E-state index >= 15 is 0 Å². The molecule has 0 spiro atoms. The van der Waals surface area contributed by atoms with Crippen LogP contribution in [0, 0.1) is 13.8 Å². The number of amides is 2. The van der Waals surface area contributed by atoms with Crippen LogP contribution in [0.15, 0.2) is 78.5 Å². The minimum Gasteiger partial charge on any atom is -0.497 e. The predicted octanol–water partition coefficient (Wildman–Crippen LogP) is 4.73. The summed E-state index contributed by atoms with van der Waals surface area (Å²) in [7, 11) is 3.45. The molecule has 5 heteroatoms. The summed E-state index contributed by atoms with van der Waals surface area (Å²) in [6.07, 6.45) is 0. The average Bonchev–Trinajstić information content (AvgIpc) is 3.06. The van der Waals surface area contributed by atoms with Gasteiger partial charge in [0.15, 0.2) is 0 Å². The van der Waals surface area contributed by atoms with Gasteiger partial charge in [-0.05, 0) is 54.3 Å². The molecule has 0 unspecified atom stereocenters. The predicted molar refractivity (Wildman–Crippen MR) is 126 cm³/mol. The molecule has 1 aliphatic rings. The van der Waals surface area contributed by atoms with Crippen LogP contribution in [0.4, 0.5) is 5.69 Å². The highest BCUT2D eigenvalue weighted by Crippen LogP contribution is 2.37. The normalized spacial score (nSPS) is 13.7. The van der Waals surface area contributed by atoms with Crippen molar-refractivity contribution in [2.45, 2.75) is 20.4 Å². The second-order valence-corrected chi connectivity index (χ2v) is 7.96. The van der Waals surface area contributed by atoms with Crippen molar-refractivity contribution in [1.82, 2.24) is 4.90 Å². The van der Waals surface area contributed by atoms with Gasteiger partial charge in [-0.25, -0.2) is 4.90 Å². The number of benzene rings is 3. The molecule has 4 rings (SSSR count). The molecular weight excluding hydrogens is 400 g/mol. The molecule has 1 heterocycles. The summed E-state index contributed by atoms with van der Waals surface area (Å²) < 4.78 is 5.26. The Kier molecular flexibility index (Phi) is 5.82. The Morgan fingerprint density at radius 3 is 2.19 bits per heavy atom. The number of ether oxygens (including phenoxy) is 1. The summed E-state index contributed by atoms with van der Waals surface area (Å²) >= 11 is 0. The molecule has 0 N–H and O–H groups in total. The van der Waals surface area contributed by atoms with Gasteiger partial charge in [-0.2, -0.15) is 0 Å². The number of imide groups is 1. The van der Waals surface area contributed by atoms with Crippen molar-refractivity contribution in [2.75, 3.05) is 19.1 Å². The van der Waals surface area contributed by atoms with Crippen LogP contribution in [0.25, 0.3) is 5.57 Å². The third kappa shape index (κ3) is 3.78. The average molecular weight is 427 g/mol. The van der Waals surface area contributed by atoms with E-state index in [1.54, 1.807) is 19.2 Å². The monoisotopic (exact) mass is 426 g/mol. The molecule has 0 saturated carbocycles. The molecule has 1 aliphatic heterocycles. The van der Waals surface area contributed by atoms with E-state index in [4.69, 9.17) is 4.74 Å². The maximum absolute atomic E-state index is 13.7. The van der Waals surface area contributed by atoms with Gasteiger partial charge in [-0.3, -0.25) is 9.59 Å². The highest BCUT2D eigenvalue weighted by atomic mass is 16.5. The maximum atomic E-state index is 13.7. The summed E-state index contributed by atoms with van der Waals surface area (Å²) in [6.45, 7) is 4.42. The molecule has 5 nitrogen and oxygen atoms in total. The summed E-state index contributed by atoms with van der Waals surface area (Å²) in [5.41, 5.74) is 5.10. The maximum Gasteiger partial charge on any atom is 0.282 e. The number of carbonyl (C=O) groups excluding carboxylic acids is 2. The molecule has 0 bridgehead atoms. The zero-order valence-electron chi connectivity index (χ0n) is 18.8. The molecule has 0 aromatic heterocycles. The fraction of sp³-hybridized carbons (Fsp3) is 0.185. The van der Waals surface area contributed by atoms with E-state index in [2.05, 4.69) is 0 Å². The molecule has 32 heavy (non-hydrogen) atoms. The van der Waals surface area contributed by atoms with Crippen molar-refractivity contribution in [2.24, 2.45) is 0 Å². The van der Waals surface area contributed by atoms with Crippen LogP contribution >= 0.6 is 0 Å². The van der Waals surface area contributed by atoms with E-state index in [1.807, 2.05) is 86.5 Å². The van der Waals surface area contributed by atoms with Crippen molar-refractivity contribution in [1.29, 1.82) is 0 Å². The van der Waals surface area contributed by atoms with E-state index in [-0.39, 0.29) is 11.8 Å². The molecular formula is C27H26N2O3. The first-order chi connectivity index (χ1) is 15.4. The van der Waals surface area contributed by atoms with Crippen LogP contribution in [-0.4, -0.2) is 30.9 Å². The Morgan fingerprint density at radius 1 is 0.844 bits per heavy atom. The summed E-state index contributed by atoms with van der Waals surface area (Å²) in [5, 5.41) is 0.